The van der Waals surface area contributed by atoms with E-state index in [4.69, 9.17) is 25.4 Å². The van der Waals surface area contributed by atoms with Gasteiger partial charge in [-0.05, 0) is 103 Å². The van der Waals surface area contributed by atoms with Crippen LogP contribution in [-0.2, 0) is 16.0 Å². The van der Waals surface area contributed by atoms with E-state index >= 15 is 0 Å². The van der Waals surface area contributed by atoms with Gasteiger partial charge in [-0.2, -0.15) is 0 Å². The minimum Gasteiger partial charge on any atom is -0.491 e. The fourth-order valence-electron chi connectivity index (χ4n) is 5.71. The van der Waals surface area contributed by atoms with E-state index in [1.807, 2.05) is 13.8 Å². The van der Waals surface area contributed by atoms with Crippen molar-refractivity contribution in [1.29, 1.82) is 0 Å². The molecule has 0 aliphatic carbocycles. The number of esters is 1. The Bertz CT molecular complexity index is 1510. The van der Waals surface area contributed by atoms with Gasteiger partial charge in [-0.1, -0.05) is 25.8 Å². The summed E-state index contributed by atoms with van der Waals surface area (Å²) in [5.74, 6) is -0.633. The zero-order valence-corrected chi connectivity index (χ0v) is 29.5. The normalized spacial score (nSPS) is 15.1. The van der Waals surface area contributed by atoms with Gasteiger partial charge < -0.3 is 40.3 Å². The van der Waals surface area contributed by atoms with Crippen LogP contribution >= 0.6 is 0 Å². The number of aliphatic hydroxyl groups is 2. The van der Waals surface area contributed by atoms with Crippen molar-refractivity contribution in [3.63, 3.8) is 0 Å². The average Bonchev–Trinajstić information content (AvgIpc) is 3.41. The van der Waals surface area contributed by atoms with Crippen LogP contribution in [0.25, 0.3) is 22.3 Å². The van der Waals surface area contributed by atoms with E-state index in [0.29, 0.717) is 36.0 Å². The number of hydrogen-bond donors (Lipinski definition) is 4. The highest BCUT2D eigenvalue weighted by atomic mass is 19.4. The molecule has 0 saturated carbocycles. The first-order valence-electron chi connectivity index (χ1n) is 16.8. The van der Waals surface area contributed by atoms with Crippen molar-refractivity contribution in [2.45, 2.75) is 110 Å². The molecule has 0 fully saturated rings. The molecule has 0 spiro atoms. The van der Waals surface area contributed by atoms with Gasteiger partial charge in [0.2, 0.25) is 0 Å². The minimum atomic E-state index is -4.86. The largest absolute Gasteiger partial charge is 0.573 e. The summed E-state index contributed by atoms with van der Waals surface area (Å²) in [4.78, 5) is 13.1. The maximum Gasteiger partial charge on any atom is 0.573 e. The third-order valence-corrected chi connectivity index (χ3v) is 8.84. The molecule has 3 unspecified atom stereocenters. The maximum atomic E-state index is 13.3. The number of carbonyl (C=O) groups is 1. The fraction of sp³-hybridized carbons (Fsp3) is 0.595. The highest BCUT2D eigenvalue weighted by Gasteiger charge is 2.48. The van der Waals surface area contributed by atoms with Crippen LogP contribution in [0, 0.1) is 11.3 Å². The van der Waals surface area contributed by atoms with Crippen molar-refractivity contribution in [1.82, 2.24) is 0 Å². The van der Waals surface area contributed by atoms with Crippen LogP contribution in [-0.4, -0.2) is 59.5 Å². The molecule has 3 rings (SSSR count). The molecule has 2 aromatic carbocycles. The number of aliphatic hydroxyl groups excluding tert-OH is 2. The molecule has 1 aromatic heterocycles. The fourth-order valence-corrected chi connectivity index (χ4v) is 5.71. The Kier molecular flexibility index (Phi) is 13.6. The Balaban J connectivity index is 1.61. The molecule has 9 nitrogen and oxygen atoms in total. The van der Waals surface area contributed by atoms with E-state index in [2.05, 4.69) is 11.7 Å². The first-order valence-corrected chi connectivity index (χ1v) is 16.8. The molecule has 3 atom stereocenters. The number of alkyl halides is 3. The molecule has 0 bridgehead atoms. The lowest BCUT2D eigenvalue weighted by Crippen LogP contribution is -2.58. The van der Waals surface area contributed by atoms with Gasteiger partial charge in [-0.15, -0.1) is 13.2 Å². The van der Waals surface area contributed by atoms with E-state index in [0.717, 1.165) is 24.8 Å². The Morgan fingerprint density at radius 2 is 1.67 bits per heavy atom. The highest BCUT2D eigenvalue weighted by Crippen LogP contribution is 2.39. The molecule has 0 saturated heterocycles. The summed E-state index contributed by atoms with van der Waals surface area (Å²) in [7, 11) is 0. The van der Waals surface area contributed by atoms with Crippen LogP contribution in [0.2, 0.25) is 0 Å². The van der Waals surface area contributed by atoms with E-state index in [1.54, 1.807) is 57.2 Å². The lowest BCUT2D eigenvalue weighted by molar-refractivity contribution is -0.274. The maximum absolute atomic E-state index is 13.3. The summed E-state index contributed by atoms with van der Waals surface area (Å²) in [6.45, 7) is 10.6. The molecule has 12 heteroatoms. The van der Waals surface area contributed by atoms with Gasteiger partial charge in [0.25, 0.3) is 0 Å². The van der Waals surface area contributed by atoms with Crippen molar-refractivity contribution in [3.05, 3.63) is 48.0 Å². The number of ether oxygens (including phenoxy) is 3. The molecular formula is C37H53F3N2O7. The molecular weight excluding hydrogens is 641 g/mol. The average molecular weight is 695 g/mol. The second-order valence-corrected chi connectivity index (χ2v) is 14.6. The molecule has 1 heterocycles. The molecule has 274 valence electrons. The number of fused-ring (bicyclic) bond motifs is 1. The monoisotopic (exact) mass is 694 g/mol. The van der Waals surface area contributed by atoms with E-state index in [-0.39, 0.29) is 43.3 Å². The number of furan rings is 1. The Labute approximate surface area is 287 Å². The molecule has 6 N–H and O–H groups in total. The number of benzene rings is 2. The molecule has 3 aromatic rings. The predicted molar refractivity (Wildman–Crippen MR) is 183 cm³/mol. The number of rotatable bonds is 19. The van der Waals surface area contributed by atoms with Crippen LogP contribution < -0.4 is 20.9 Å². The second kappa shape index (κ2) is 16.6. The molecule has 0 radical (unpaired) electrons. The van der Waals surface area contributed by atoms with E-state index in [1.165, 1.54) is 6.07 Å². The van der Waals surface area contributed by atoms with Crippen LogP contribution in [0.15, 0.2) is 46.9 Å². The molecule has 0 aliphatic heterocycles. The predicted octanol–water partition coefficient (Wildman–Crippen LogP) is 7.27. The minimum absolute atomic E-state index is 0.0472. The smallest absolute Gasteiger partial charge is 0.491 e. The van der Waals surface area contributed by atoms with Crippen LogP contribution in [0.4, 0.5) is 13.2 Å². The second-order valence-electron chi connectivity index (χ2n) is 14.6. The first kappa shape index (κ1) is 40.1. The van der Waals surface area contributed by atoms with Gasteiger partial charge in [0, 0.05) is 35.1 Å². The van der Waals surface area contributed by atoms with Gasteiger partial charge in [0.05, 0.1) is 23.7 Å². The van der Waals surface area contributed by atoms with Gasteiger partial charge in [-0.25, -0.2) is 0 Å². The number of unbranched alkanes of at least 4 members (excludes halogenated alkanes) is 2. The number of carbonyl (C=O) groups excluding carboxylic acids is 1. The molecule has 0 aliphatic rings. The Morgan fingerprint density at radius 3 is 2.29 bits per heavy atom. The zero-order valence-electron chi connectivity index (χ0n) is 29.5. The van der Waals surface area contributed by atoms with Gasteiger partial charge in [0.15, 0.2) is 0 Å². The van der Waals surface area contributed by atoms with Crippen molar-refractivity contribution in [3.8, 4) is 22.8 Å². The number of aryl methyl sites for hydroxylation is 1. The Morgan fingerprint density at radius 1 is 0.959 bits per heavy atom. The summed E-state index contributed by atoms with van der Waals surface area (Å²) in [5.41, 5.74) is 11.2. The molecule has 49 heavy (non-hydrogen) atoms. The van der Waals surface area contributed by atoms with E-state index in [9.17, 15) is 28.2 Å². The van der Waals surface area contributed by atoms with Crippen LogP contribution in [0.5, 0.6) is 11.5 Å². The summed E-state index contributed by atoms with van der Waals surface area (Å²) in [6.07, 6.45) is -1.35. The summed E-state index contributed by atoms with van der Waals surface area (Å²) in [6, 6.07) is 11.4. The third-order valence-electron chi connectivity index (χ3n) is 8.84. The quantitative estimate of drug-likeness (QED) is 0.0750. The summed E-state index contributed by atoms with van der Waals surface area (Å²) >= 11 is 0. The lowest BCUT2D eigenvalue weighted by Gasteiger charge is -2.43. The summed E-state index contributed by atoms with van der Waals surface area (Å²) < 4.78 is 61.5. The SMILES string of the molecule is CCCCCc1ccc(-c2cc3ccc(OCC(O)CCC(CO)COC(=O)C(C)(CC(C)(C)N)C(C)(C)N)cc3o2)c(OC(F)(F)F)c1. The van der Waals surface area contributed by atoms with E-state index < -0.39 is 40.8 Å². The van der Waals surface area contributed by atoms with Crippen LogP contribution in [0.3, 0.4) is 0 Å². The standard InChI is InChI=1S/C37H53F3N2O7/c1-7-8-9-10-24-12-16-29(32(17-24)49-37(38,39)40)31-18-26-13-15-28(19-30(26)48-31)46-22-27(44)14-11-25(20-43)21-47-33(45)36(6,35(4,5)42)23-34(2,3)41/h12-13,15-19,25,27,43-44H,7-11,14,20-23,41-42H2,1-6H3. The highest BCUT2D eigenvalue weighted by molar-refractivity contribution is 5.85. The first-order chi connectivity index (χ1) is 22.7. The van der Waals surface area contributed by atoms with Gasteiger partial charge in [0.1, 0.15) is 29.4 Å². The van der Waals surface area contributed by atoms with Crippen LogP contribution in [0.1, 0.15) is 85.6 Å². The topological polar surface area (TPSA) is 150 Å². The Hall–Kier alpha value is -3.32. The number of halogens is 3. The van der Waals surface area contributed by atoms with Gasteiger partial charge in [-0.3, -0.25) is 4.79 Å². The van der Waals surface area contributed by atoms with Crippen molar-refractivity contribution < 1.29 is 46.8 Å². The van der Waals surface area contributed by atoms with Gasteiger partial charge >= 0.3 is 12.3 Å². The lowest BCUT2D eigenvalue weighted by atomic mass is 9.67. The third kappa shape index (κ3) is 11.9. The number of hydrogen-bond acceptors (Lipinski definition) is 9. The van der Waals surface area contributed by atoms with Crippen molar-refractivity contribution in [2.75, 3.05) is 19.8 Å². The number of nitrogens with two attached hydrogens (primary N) is 2. The zero-order chi connectivity index (χ0) is 36.6. The molecule has 0 amide bonds. The summed E-state index contributed by atoms with van der Waals surface area (Å²) in [5, 5.41) is 21.2. The van der Waals surface area contributed by atoms with Crippen molar-refractivity contribution in [2.24, 2.45) is 22.8 Å². The van der Waals surface area contributed by atoms with Crippen molar-refractivity contribution >= 4 is 16.9 Å².